The lowest BCUT2D eigenvalue weighted by atomic mass is 9.84. The Labute approximate surface area is 296 Å². The molecule has 2 amide bonds. The van der Waals surface area contributed by atoms with Crippen molar-refractivity contribution in [3.63, 3.8) is 0 Å². The molecule has 0 radical (unpaired) electrons. The highest BCUT2D eigenvalue weighted by Crippen LogP contribution is 2.36. The van der Waals surface area contributed by atoms with E-state index in [1.807, 2.05) is 0 Å². The molecule has 0 aliphatic heterocycles. The van der Waals surface area contributed by atoms with E-state index in [0.29, 0.717) is 22.6 Å². The summed E-state index contributed by atoms with van der Waals surface area (Å²) in [6, 6.07) is 11.9. The molecular weight excluding hydrogens is 661 g/mol. The average molecular weight is 706 g/mol. The fraction of sp³-hybridized carbons (Fsp3) is 0.447. The fourth-order valence-electron chi connectivity index (χ4n) is 5.11. The van der Waals surface area contributed by atoms with Crippen LogP contribution in [0.4, 0.5) is 19.8 Å². The normalized spacial score (nSPS) is 16.5. The van der Waals surface area contributed by atoms with Crippen LogP contribution >= 0.6 is 0 Å². The molecule has 0 saturated heterocycles. The molecule has 0 bridgehead atoms. The van der Waals surface area contributed by atoms with Crippen molar-refractivity contribution in [2.45, 2.75) is 110 Å². The molecule has 0 N–H and O–H groups in total. The molecule has 2 unspecified atom stereocenters. The van der Waals surface area contributed by atoms with Gasteiger partial charge in [-0.3, -0.25) is 4.79 Å². The Morgan fingerprint density at radius 2 is 1.37 bits per heavy atom. The third-order valence-corrected chi connectivity index (χ3v) is 7.26. The number of rotatable bonds is 6. The zero-order valence-electron chi connectivity index (χ0n) is 30.4. The molecule has 0 spiro atoms. The van der Waals surface area contributed by atoms with E-state index in [4.69, 9.17) is 23.9 Å². The van der Waals surface area contributed by atoms with Gasteiger partial charge in [-0.2, -0.15) is 4.90 Å². The van der Waals surface area contributed by atoms with Crippen LogP contribution in [0, 0.1) is 5.82 Å². The molecule has 1 aliphatic rings. The summed E-state index contributed by atoms with van der Waals surface area (Å²) in [5.74, 6) is -3.59. The first-order chi connectivity index (χ1) is 23.6. The summed E-state index contributed by atoms with van der Waals surface area (Å²) in [5, 5.41) is 0. The van der Waals surface area contributed by atoms with Crippen LogP contribution in [-0.4, -0.2) is 62.8 Å². The number of nitrogens with zero attached hydrogens (tertiary/aromatic N) is 3. The van der Waals surface area contributed by atoms with Gasteiger partial charge in [0.25, 0.3) is 0 Å². The summed E-state index contributed by atoms with van der Waals surface area (Å²) in [4.78, 5) is 75.5. The lowest BCUT2D eigenvalue weighted by Gasteiger charge is -2.30. The topological polar surface area (TPSA) is 151 Å². The van der Waals surface area contributed by atoms with E-state index in [2.05, 4.69) is 4.98 Å². The summed E-state index contributed by atoms with van der Waals surface area (Å²) in [5.41, 5.74) is -2.73. The van der Waals surface area contributed by atoms with Crippen molar-refractivity contribution in [3.05, 3.63) is 77.4 Å². The quantitative estimate of drug-likeness (QED) is 0.181. The van der Waals surface area contributed by atoms with Gasteiger partial charge in [0.05, 0.1) is 23.0 Å². The minimum Gasteiger partial charge on any atom is -0.456 e. The van der Waals surface area contributed by atoms with Gasteiger partial charge in [0.2, 0.25) is 0 Å². The van der Waals surface area contributed by atoms with E-state index in [-0.39, 0.29) is 41.3 Å². The molecule has 272 valence electrons. The van der Waals surface area contributed by atoms with Crippen molar-refractivity contribution in [3.8, 4) is 11.3 Å². The Morgan fingerprint density at radius 3 is 1.90 bits per heavy atom. The highest BCUT2D eigenvalue weighted by molar-refractivity contribution is 6.11. The standard InChI is InChI=1S/C38H44FN3O9/c1-36(2,3)49-33(45)25-17-15-24(19-26(25)39)30-31(42(34(46)50-37(4,5)6)35(47)51-38(7,8)9)40-21-27(41-30)23-16-18-29(28(43)20-23)48-32(44)22-13-11-10-12-14-22/h10-15,17,19,21,23,29H,16,18,20H2,1-9H3. The number of ketones is 1. The lowest BCUT2D eigenvalue weighted by Crippen LogP contribution is -2.44. The third kappa shape index (κ3) is 10.4. The van der Waals surface area contributed by atoms with E-state index < -0.39 is 58.8 Å². The number of aromatic nitrogens is 2. The predicted octanol–water partition coefficient (Wildman–Crippen LogP) is 7.98. The number of carbonyl (C=O) groups is 5. The van der Waals surface area contributed by atoms with Crippen LogP contribution in [0.5, 0.6) is 0 Å². The minimum absolute atomic E-state index is 0.0476. The number of imide groups is 1. The van der Waals surface area contributed by atoms with Crippen LogP contribution in [0.15, 0.2) is 54.7 Å². The number of Topliss-reactive ketones (excluding diaryl/α,β-unsaturated/α-hetero) is 1. The Bertz CT molecular complexity index is 1780. The predicted molar refractivity (Wildman–Crippen MR) is 185 cm³/mol. The van der Waals surface area contributed by atoms with Crippen molar-refractivity contribution in [2.75, 3.05) is 4.90 Å². The van der Waals surface area contributed by atoms with Gasteiger partial charge in [0.15, 0.2) is 17.7 Å². The highest BCUT2D eigenvalue weighted by atomic mass is 19.1. The first-order valence-corrected chi connectivity index (χ1v) is 16.6. The molecule has 1 saturated carbocycles. The second kappa shape index (κ2) is 15.0. The number of ether oxygens (including phenoxy) is 4. The largest absolute Gasteiger partial charge is 0.456 e. The van der Waals surface area contributed by atoms with Crippen molar-refractivity contribution >= 4 is 35.7 Å². The molecule has 3 aromatic rings. The van der Waals surface area contributed by atoms with E-state index in [0.717, 1.165) is 6.07 Å². The molecule has 1 aliphatic carbocycles. The maximum absolute atomic E-state index is 15.6. The monoisotopic (exact) mass is 705 g/mol. The molecule has 2 atom stereocenters. The number of carbonyl (C=O) groups excluding carboxylic acids is 5. The van der Waals surface area contributed by atoms with Gasteiger partial charge >= 0.3 is 24.1 Å². The average Bonchev–Trinajstić information content (AvgIpc) is 3.00. The molecule has 2 aromatic carbocycles. The Morgan fingerprint density at radius 1 is 0.784 bits per heavy atom. The van der Waals surface area contributed by atoms with Gasteiger partial charge < -0.3 is 18.9 Å². The lowest BCUT2D eigenvalue weighted by molar-refractivity contribution is -0.130. The second-order valence-electron chi connectivity index (χ2n) is 15.2. The fourth-order valence-corrected chi connectivity index (χ4v) is 5.11. The van der Waals surface area contributed by atoms with E-state index in [1.54, 1.807) is 92.6 Å². The maximum Gasteiger partial charge on any atom is 0.425 e. The van der Waals surface area contributed by atoms with E-state index in [1.165, 1.54) is 18.3 Å². The number of halogens is 1. The number of esters is 2. The van der Waals surface area contributed by atoms with Gasteiger partial charge in [-0.15, -0.1) is 0 Å². The van der Waals surface area contributed by atoms with Crippen LogP contribution in [0.2, 0.25) is 0 Å². The van der Waals surface area contributed by atoms with Crippen molar-refractivity contribution in [1.82, 2.24) is 9.97 Å². The van der Waals surface area contributed by atoms with Crippen LogP contribution in [0.25, 0.3) is 11.3 Å². The number of amides is 2. The maximum atomic E-state index is 15.6. The molecule has 51 heavy (non-hydrogen) atoms. The summed E-state index contributed by atoms with van der Waals surface area (Å²) in [6.45, 7) is 14.6. The van der Waals surface area contributed by atoms with E-state index in [9.17, 15) is 24.0 Å². The third-order valence-electron chi connectivity index (χ3n) is 7.26. The van der Waals surface area contributed by atoms with Crippen LogP contribution in [0.1, 0.15) is 114 Å². The van der Waals surface area contributed by atoms with Crippen LogP contribution in [-0.2, 0) is 23.7 Å². The summed E-state index contributed by atoms with van der Waals surface area (Å²) < 4.78 is 37.5. The Hall–Kier alpha value is -5.20. The molecule has 1 fully saturated rings. The summed E-state index contributed by atoms with van der Waals surface area (Å²) in [7, 11) is 0. The molecule has 1 aromatic heterocycles. The smallest absolute Gasteiger partial charge is 0.425 e. The van der Waals surface area contributed by atoms with Crippen molar-refractivity contribution in [2.24, 2.45) is 0 Å². The number of benzene rings is 2. The van der Waals surface area contributed by atoms with Gasteiger partial charge in [0, 0.05) is 17.9 Å². The Balaban J connectivity index is 1.76. The summed E-state index contributed by atoms with van der Waals surface area (Å²) >= 11 is 0. The Kier molecular flexibility index (Phi) is 11.3. The van der Waals surface area contributed by atoms with Gasteiger partial charge in [0.1, 0.15) is 28.3 Å². The molecule has 4 rings (SSSR count). The SMILES string of the molecule is CC(C)(C)OC(=O)c1ccc(-c2nc(C3CCC(OC(=O)c4ccccc4)C(=O)C3)cnc2N(C(=O)OC(C)(C)C)C(=O)OC(C)(C)C)cc1F. The first kappa shape index (κ1) is 38.6. The second-order valence-corrected chi connectivity index (χ2v) is 15.2. The number of anilines is 1. The highest BCUT2D eigenvalue weighted by Gasteiger charge is 2.38. The van der Waals surface area contributed by atoms with Gasteiger partial charge in [-0.25, -0.2) is 33.5 Å². The zero-order valence-corrected chi connectivity index (χ0v) is 30.4. The molecule has 1 heterocycles. The molecule has 12 nitrogen and oxygen atoms in total. The summed E-state index contributed by atoms with van der Waals surface area (Å²) in [6.07, 6.45) is -1.34. The molecule has 13 heteroatoms. The van der Waals surface area contributed by atoms with Gasteiger partial charge in [-0.1, -0.05) is 24.3 Å². The number of hydrogen-bond donors (Lipinski definition) is 0. The zero-order chi connectivity index (χ0) is 37.9. The van der Waals surface area contributed by atoms with Gasteiger partial charge in [-0.05, 0) is 99.4 Å². The molecular formula is C38H44FN3O9. The van der Waals surface area contributed by atoms with Crippen LogP contribution < -0.4 is 4.90 Å². The van der Waals surface area contributed by atoms with Crippen LogP contribution in [0.3, 0.4) is 0 Å². The van der Waals surface area contributed by atoms with Crippen molar-refractivity contribution < 1.29 is 47.3 Å². The van der Waals surface area contributed by atoms with E-state index >= 15 is 4.39 Å². The minimum atomic E-state index is -1.12. The van der Waals surface area contributed by atoms with Crippen molar-refractivity contribution in [1.29, 1.82) is 0 Å². The number of hydrogen-bond acceptors (Lipinski definition) is 11. The first-order valence-electron chi connectivity index (χ1n) is 16.6.